The highest BCUT2D eigenvalue weighted by Gasteiger charge is 2.32. The molecule has 4 nitrogen and oxygen atoms in total. The van der Waals surface area contributed by atoms with Crippen molar-refractivity contribution in [2.75, 3.05) is 26.2 Å². The molecule has 1 unspecified atom stereocenters. The Morgan fingerprint density at radius 2 is 1.50 bits per heavy atom. The van der Waals surface area contributed by atoms with E-state index in [1.165, 1.54) is 0 Å². The number of carbonyl (C=O) groups excluding carboxylic acids is 1. The molecule has 0 N–H and O–H groups in total. The molecule has 0 bridgehead atoms. The lowest BCUT2D eigenvalue weighted by atomic mass is 9.88. The molecular formula is C23H30NO3P. The Balaban J connectivity index is 1.75. The molecule has 1 aliphatic rings. The Labute approximate surface area is 170 Å². The SMILES string of the molecule is CC[N+](CC)(CC)CC(C)[P-]OC(=O)C1c2ccccc2Oc2ccccc21. The van der Waals surface area contributed by atoms with Crippen molar-refractivity contribution < 1.29 is 18.5 Å². The Kier molecular flexibility index (Phi) is 6.74. The first-order valence-electron chi connectivity index (χ1n) is 10.1. The first-order valence-corrected chi connectivity index (χ1v) is 11.0. The second-order valence-corrected chi connectivity index (χ2v) is 8.72. The van der Waals surface area contributed by atoms with E-state index < -0.39 is 5.92 Å². The summed E-state index contributed by atoms with van der Waals surface area (Å²) in [6, 6.07) is 15.4. The van der Waals surface area contributed by atoms with E-state index in [1.807, 2.05) is 48.5 Å². The standard InChI is InChI=1S/C23H30NO3P/c1-5-24(6-2,7-3)16-17(4)28-27-23(25)22-18-12-8-10-14-20(18)26-21-15-11-9-13-19(21)22/h8-15,17,22H,5-7,16H2,1-4H3. The summed E-state index contributed by atoms with van der Waals surface area (Å²) in [5, 5.41) is 0. The molecule has 0 fully saturated rings. The Hall–Kier alpha value is -1.90. The number of para-hydroxylation sites is 2. The van der Waals surface area contributed by atoms with Gasteiger partial charge in [0.15, 0.2) is 0 Å². The number of quaternary nitrogens is 1. The molecule has 3 rings (SSSR count). The van der Waals surface area contributed by atoms with Crippen molar-refractivity contribution in [1.29, 1.82) is 0 Å². The van der Waals surface area contributed by atoms with Gasteiger partial charge in [0.05, 0.1) is 26.2 Å². The minimum absolute atomic E-state index is 0.209. The molecule has 2 aromatic carbocycles. The molecule has 1 heterocycles. The summed E-state index contributed by atoms with van der Waals surface area (Å²) in [5.41, 5.74) is 2.03. The Morgan fingerprint density at radius 3 is 2.00 bits per heavy atom. The number of rotatable bonds is 8. The van der Waals surface area contributed by atoms with Gasteiger partial charge in [0, 0.05) is 11.1 Å². The second kappa shape index (κ2) is 9.07. The molecule has 0 saturated heterocycles. The lowest BCUT2D eigenvalue weighted by molar-refractivity contribution is -0.922. The monoisotopic (exact) mass is 399 g/mol. The first-order chi connectivity index (χ1) is 13.5. The van der Waals surface area contributed by atoms with Crippen LogP contribution in [0.3, 0.4) is 0 Å². The molecule has 28 heavy (non-hydrogen) atoms. The van der Waals surface area contributed by atoms with Crippen molar-refractivity contribution in [3.63, 3.8) is 0 Å². The summed E-state index contributed by atoms with van der Waals surface area (Å²) >= 11 is 0. The molecule has 0 spiro atoms. The van der Waals surface area contributed by atoms with Crippen molar-refractivity contribution in [2.24, 2.45) is 0 Å². The number of nitrogens with zero attached hydrogens (tertiary/aromatic N) is 1. The van der Waals surface area contributed by atoms with Crippen molar-refractivity contribution >= 4 is 14.8 Å². The topological polar surface area (TPSA) is 35.5 Å². The lowest BCUT2D eigenvalue weighted by Gasteiger charge is -2.41. The van der Waals surface area contributed by atoms with E-state index in [2.05, 4.69) is 27.7 Å². The van der Waals surface area contributed by atoms with Gasteiger partial charge in [0.2, 0.25) is 0 Å². The van der Waals surface area contributed by atoms with Crippen LogP contribution in [0.4, 0.5) is 0 Å². The molecule has 5 heteroatoms. The number of benzene rings is 2. The summed E-state index contributed by atoms with van der Waals surface area (Å²) in [6.07, 6.45) is 0. The minimum Gasteiger partial charge on any atom is -0.644 e. The van der Waals surface area contributed by atoms with Crippen LogP contribution in [0, 0.1) is 0 Å². The van der Waals surface area contributed by atoms with Crippen molar-refractivity contribution in [3.8, 4) is 11.5 Å². The predicted octanol–water partition coefficient (Wildman–Crippen LogP) is 5.59. The third-order valence-corrected chi connectivity index (χ3v) is 6.71. The highest BCUT2D eigenvalue weighted by molar-refractivity contribution is 7.33. The van der Waals surface area contributed by atoms with E-state index in [4.69, 9.17) is 9.26 Å². The minimum atomic E-state index is -0.441. The Bertz CT molecular complexity index is 765. The van der Waals surface area contributed by atoms with Crippen LogP contribution < -0.4 is 4.74 Å². The molecule has 2 aromatic rings. The fraction of sp³-hybridized carbons (Fsp3) is 0.435. The molecule has 150 valence electrons. The maximum Gasteiger partial charge on any atom is 0.286 e. The van der Waals surface area contributed by atoms with Crippen LogP contribution in [0.2, 0.25) is 0 Å². The average Bonchev–Trinajstić information content (AvgIpc) is 2.74. The third-order valence-electron chi connectivity index (χ3n) is 5.90. The summed E-state index contributed by atoms with van der Waals surface area (Å²) in [5.74, 6) is 0.806. The van der Waals surface area contributed by atoms with Crippen LogP contribution in [-0.2, 0) is 9.32 Å². The summed E-state index contributed by atoms with van der Waals surface area (Å²) < 4.78 is 12.8. The van der Waals surface area contributed by atoms with E-state index in [0.717, 1.165) is 62.1 Å². The zero-order valence-electron chi connectivity index (χ0n) is 17.2. The molecule has 1 aliphatic heterocycles. The van der Waals surface area contributed by atoms with Gasteiger partial charge in [-0.3, -0.25) is 4.79 Å². The van der Waals surface area contributed by atoms with Crippen molar-refractivity contribution in [2.45, 2.75) is 39.3 Å². The van der Waals surface area contributed by atoms with Crippen molar-refractivity contribution in [3.05, 3.63) is 59.7 Å². The molecular weight excluding hydrogens is 369 g/mol. The zero-order chi connectivity index (χ0) is 20.1. The number of hydrogen-bond donors (Lipinski definition) is 0. The quantitative estimate of drug-likeness (QED) is 0.429. The molecule has 1 atom stereocenters. The fourth-order valence-electron chi connectivity index (χ4n) is 4.01. The molecule has 0 radical (unpaired) electrons. The average molecular weight is 399 g/mol. The fourth-order valence-corrected chi connectivity index (χ4v) is 4.81. The van der Waals surface area contributed by atoms with Crippen LogP contribution in [0.5, 0.6) is 11.5 Å². The first kappa shape index (κ1) is 20.8. The van der Waals surface area contributed by atoms with Crippen LogP contribution in [0.15, 0.2) is 48.5 Å². The maximum absolute atomic E-state index is 13.1. The van der Waals surface area contributed by atoms with Crippen LogP contribution >= 0.6 is 8.81 Å². The highest BCUT2D eigenvalue weighted by atomic mass is 31.1. The van der Waals surface area contributed by atoms with E-state index in [1.54, 1.807) is 0 Å². The van der Waals surface area contributed by atoms with Crippen LogP contribution in [0.1, 0.15) is 44.7 Å². The molecule has 0 aliphatic carbocycles. The van der Waals surface area contributed by atoms with Crippen LogP contribution in [-0.4, -0.2) is 42.3 Å². The lowest BCUT2D eigenvalue weighted by Crippen LogP contribution is -2.50. The normalized spacial score (nSPS) is 15.0. The molecule has 0 aromatic heterocycles. The second-order valence-electron chi connectivity index (χ2n) is 7.45. The molecule has 0 saturated carbocycles. The summed E-state index contributed by atoms with van der Waals surface area (Å²) in [7, 11) is 0.728. The summed E-state index contributed by atoms with van der Waals surface area (Å²) in [4.78, 5) is 13.1. The van der Waals surface area contributed by atoms with Gasteiger partial charge in [-0.2, -0.15) is 0 Å². The smallest absolute Gasteiger partial charge is 0.286 e. The van der Waals surface area contributed by atoms with Gasteiger partial charge >= 0.3 is 0 Å². The molecule has 0 amide bonds. The van der Waals surface area contributed by atoms with Gasteiger partial charge in [-0.25, -0.2) is 0 Å². The number of carbonyl (C=O) groups is 1. The van der Waals surface area contributed by atoms with Gasteiger partial charge < -0.3 is 22.6 Å². The van der Waals surface area contributed by atoms with Gasteiger partial charge in [-0.15, -0.1) is 0 Å². The number of hydrogen-bond acceptors (Lipinski definition) is 3. The zero-order valence-corrected chi connectivity index (χ0v) is 18.1. The van der Waals surface area contributed by atoms with Gasteiger partial charge in [-0.1, -0.05) is 49.0 Å². The highest BCUT2D eigenvalue weighted by Crippen LogP contribution is 2.45. The van der Waals surface area contributed by atoms with Gasteiger partial charge in [-0.05, 0) is 32.9 Å². The largest absolute Gasteiger partial charge is 0.644 e. The number of ether oxygens (including phenoxy) is 1. The maximum atomic E-state index is 13.1. The van der Waals surface area contributed by atoms with Gasteiger partial charge in [0.1, 0.15) is 17.4 Å². The van der Waals surface area contributed by atoms with E-state index in [9.17, 15) is 4.79 Å². The van der Waals surface area contributed by atoms with E-state index in [-0.39, 0.29) is 11.6 Å². The van der Waals surface area contributed by atoms with Crippen molar-refractivity contribution in [1.82, 2.24) is 0 Å². The summed E-state index contributed by atoms with van der Waals surface area (Å²) in [6.45, 7) is 13.2. The van der Waals surface area contributed by atoms with Gasteiger partial charge in [0.25, 0.3) is 5.97 Å². The Morgan fingerprint density at radius 1 is 1.00 bits per heavy atom. The van der Waals surface area contributed by atoms with Crippen LogP contribution in [0.25, 0.3) is 0 Å². The third kappa shape index (κ3) is 4.24. The van der Waals surface area contributed by atoms with E-state index >= 15 is 0 Å². The number of fused-ring (bicyclic) bond motifs is 2. The van der Waals surface area contributed by atoms with E-state index in [0.29, 0.717) is 0 Å². The predicted molar refractivity (Wildman–Crippen MR) is 114 cm³/mol.